The van der Waals surface area contributed by atoms with Gasteiger partial charge >= 0.3 is 0 Å². The molecular formula is C16H11N5. The number of pyridine rings is 3. The molecule has 5 nitrogen and oxygen atoms in total. The lowest BCUT2D eigenvalue weighted by Crippen LogP contribution is -2.00. The van der Waals surface area contributed by atoms with E-state index in [9.17, 15) is 5.26 Å². The summed E-state index contributed by atoms with van der Waals surface area (Å²) < 4.78 is 0. The van der Waals surface area contributed by atoms with Crippen molar-refractivity contribution in [1.29, 1.82) is 5.26 Å². The lowest BCUT2D eigenvalue weighted by Gasteiger charge is -2.09. The largest absolute Gasteiger partial charge is 0.383 e. The van der Waals surface area contributed by atoms with Crippen LogP contribution in [0.15, 0.2) is 55.0 Å². The summed E-state index contributed by atoms with van der Waals surface area (Å²) in [5, 5.41) is 9.32. The second-order valence-electron chi connectivity index (χ2n) is 4.38. The molecule has 0 saturated carbocycles. The van der Waals surface area contributed by atoms with Crippen LogP contribution in [0.1, 0.15) is 5.56 Å². The van der Waals surface area contributed by atoms with Gasteiger partial charge in [-0.05, 0) is 24.3 Å². The van der Waals surface area contributed by atoms with Crippen LogP contribution in [0, 0.1) is 11.3 Å². The van der Waals surface area contributed by atoms with E-state index in [1.54, 1.807) is 18.6 Å². The minimum absolute atomic E-state index is 0.194. The van der Waals surface area contributed by atoms with Gasteiger partial charge in [-0.1, -0.05) is 12.1 Å². The maximum atomic E-state index is 9.32. The summed E-state index contributed by atoms with van der Waals surface area (Å²) in [4.78, 5) is 12.6. The van der Waals surface area contributed by atoms with E-state index >= 15 is 0 Å². The van der Waals surface area contributed by atoms with Crippen LogP contribution in [0.4, 0.5) is 5.82 Å². The summed E-state index contributed by atoms with van der Waals surface area (Å²) >= 11 is 0. The van der Waals surface area contributed by atoms with E-state index in [0.717, 1.165) is 5.56 Å². The Morgan fingerprint density at radius 1 is 1.05 bits per heavy atom. The van der Waals surface area contributed by atoms with Gasteiger partial charge in [0.1, 0.15) is 17.5 Å². The maximum Gasteiger partial charge on any atom is 0.142 e. The normalized spacial score (nSPS) is 10.0. The number of nitrogens with zero attached hydrogens (tertiary/aromatic N) is 4. The highest BCUT2D eigenvalue weighted by Crippen LogP contribution is 2.29. The first kappa shape index (κ1) is 12.8. The maximum absolute atomic E-state index is 9.32. The van der Waals surface area contributed by atoms with Crippen molar-refractivity contribution in [2.75, 3.05) is 5.73 Å². The van der Waals surface area contributed by atoms with Crippen LogP contribution in [-0.2, 0) is 0 Å². The quantitative estimate of drug-likeness (QED) is 0.775. The zero-order valence-electron chi connectivity index (χ0n) is 11.1. The molecule has 0 fully saturated rings. The molecule has 0 atom stereocenters. The number of aromatic nitrogens is 3. The van der Waals surface area contributed by atoms with Crippen molar-refractivity contribution in [3.05, 3.63) is 60.6 Å². The summed E-state index contributed by atoms with van der Waals surface area (Å²) in [6.07, 6.45) is 5.06. The molecule has 0 saturated heterocycles. The molecule has 2 N–H and O–H groups in total. The molecular weight excluding hydrogens is 262 g/mol. The SMILES string of the molecule is N#Cc1c(-c2cccnc2)cc(-c2ccccn2)nc1N. The van der Waals surface area contributed by atoms with Gasteiger partial charge < -0.3 is 5.73 Å². The van der Waals surface area contributed by atoms with Crippen molar-refractivity contribution >= 4 is 5.82 Å². The number of nitriles is 1. The van der Waals surface area contributed by atoms with Crippen LogP contribution in [0.25, 0.3) is 22.5 Å². The highest BCUT2D eigenvalue weighted by atomic mass is 14.9. The number of nitrogen functional groups attached to an aromatic ring is 1. The van der Waals surface area contributed by atoms with E-state index in [1.165, 1.54) is 0 Å². The number of nitrogens with two attached hydrogens (primary N) is 1. The number of hydrogen-bond acceptors (Lipinski definition) is 5. The molecule has 5 heteroatoms. The zero-order valence-corrected chi connectivity index (χ0v) is 11.1. The molecule has 0 unspecified atom stereocenters. The molecule has 0 bridgehead atoms. The van der Waals surface area contributed by atoms with Crippen LogP contribution in [0.2, 0.25) is 0 Å². The fourth-order valence-electron chi connectivity index (χ4n) is 2.08. The van der Waals surface area contributed by atoms with Crippen LogP contribution in [0.5, 0.6) is 0 Å². The molecule has 0 radical (unpaired) electrons. The third-order valence-corrected chi connectivity index (χ3v) is 3.06. The van der Waals surface area contributed by atoms with Crippen molar-refractivity contribution in [2.24, 2.45) is 0 Å². The average molecular weight is 273 g/mol. The van der Waals surface area contributed by atoms with Crippen LogP contribution >= 0.6 is 0 Å². The smallest absolute Gasteiger partial charge is 0.142 e. The van der Waals surface area contributed by atoms with Crippen LogP contribution < -0.4 is 5.73 Å². The molecule has 3 aromatic rings. The van der Waals surface area contributed by atoms with Crippen LogP contribution in [-0.4, -0.2) is 15.0 Å². The Bertz CT molecular complexity index is 807. The first-order valence-electron chi connectivity index (χ1n) is 6.32. The van der Waals surface area contributed by atoms with E-state index in [-0.39, 0.29) is 5.82 Å². The first-order chi connectivity index (χ1) is 10.3. The van der Waals surface area contributed by atoms with Crippen molar-refractivity contribution in [2.45, 2.75) is 0 Å². The fraction of sp³-hybridized carbons (Fsp3) is 0. The van der Waals surface area contributed by atoms with Gasteiger partial charge in [0.05, 0.1) is 11.4 Å². The molecule has 21 heavy (non-hydrogen) atoms. The predicted molar refractivity (Wildman–Crippen MR) is 79.8 cm³/mol. The molecule has 3 rings (SSSR count). The summed E-state index contributed by atoms with van der Waals surface area (Å²) in [5.74, 6) is 0.194. The first-order valence-corrected chi connectivity index (χ1v) is 6.32. The Morgan fingerprint density at radius 3 is 2.62 bits per heavy atom. The van der Waals surface area contributed by atoms with Gasteiger partial charge in [-0.15, -0.1) is 0 Å². The monoisotopic (exact) mass is 273 g/mol. The molecule has 0 spiro atoms. The van der Waals surface area contributed by atoms with E-state index in [4.69, 9.17) is 5.73 Å². The Balaban J connectivity index is 2.24. The third-order valence-electron chi connectivity index (χ3n) is 3.06. The standard InChI is InChI=1S/C16H11N5/c17-9-13-12(11-4-3-6-19-10-11)8-15(21-16(13)18)14-5-1-2-7-20-14/h1-8,10H,(H2,18,21). The summed E-state index contributed by atoms with van der Waals surface area (Å²) in [5.41, 5.74) is 9.14. The summed E-state index contributed by atoms with van der Waals surface area (Å²) in [7, 11) is 0. The average Bonchev–Trinajstić information content (AvgIpc) is 2.55. The number of rotatable bonds is 2. The molecule has 0 aliphatic heterocycles. The lowest BCUT2D eigenvalue weighted by atomic mass is 10.0. The molecule has 0 aliphatic carbocycles. The minimum Gasteiger partial charge on any atom is -0.383 e. The van der Waals surface area contributed by atoms with E-state index in [0.29, 0.717) is 22.5 Å². The Kier molecular flexibility index (Phi) is 3.27. The molecule has 0 aliphatic rings. The summed E-state index contributed by atoms with van der Waals surface area (Å²) in [6.45, 7) is 0. The van der Waals surface area contributed by atoms with Crippen molar-refractivity contribution in [1.82, 2.24) is 15.0 Å². The molecule has 0 aromatic carbocycles. The predicted octanol–water partition coefficient (Wildman–Crippen LogP) is 2.66. The third kappa shape index (κ3) is 2.42. The number of hydrogen-bond donors (Lipinski definition) is 1. The molecule has 3 heterocycles. The van der Waals surface area contributed by atoms with Gasteiger partial charge in [-0.25, -0.2) is 4.98 Å². The Labute approximate surface area is 121 Å². The van der Waals surface area contributed by atoms with Crippen molar-refractivity contribution in [3.63, 3.8) is 0 Å². The molecule has 100 valence electrons. The van der Waals surface area contributed by atoms with Gasteiger partial charge in [0, 0.05) is 29.7 Å². The van der Waals surface area contributed by atoms with Gasteiger partial charge in [0.15, 0.2) is 0 Å². The van der Waals surface area contributed by atoms with E-state index < -0.39 is 0 Å². The fourth-order valence-corrected chi connectivity index (χ4v) is 2.08. The minimum atomic E-state index is 0.194. The molecule has 3 aromatic heterocycles. The zero-order chi connectivity index (χ0) is 14.7. The second-order valence-corrected chi connectivity index (χ2v) is 4.38. The van der Waals surface area contributed by atoms with Crippen LogP contribution in [0.3, 0.4) is 0 Å². The molecule has 0 amide bonds. The van der Waals surface area contributed by atoms with Gasteiger partial charge in [-0.2, -0.15) is 5.26 Å². The highest BCUT2D eigenvalue weighted by molar-refractivity contribution is 5.78. The van der Waals surface area contributed by atoms with E-state index in [1.807, 2.05) is 36.4 Å². The highest BCUT2D eigenvalue weighted by Gasteiger charge is 2.13. The topological polar surface area (TPSA) is 88.5 Å². The van der Waals surface area contributed by atoms with Gasteiger partial charge in [-0.3, -0.25) is 9.97 Å². The Hall–Kier alpha value is -3.26. The van der Waals surface area contributed by atoms with Crippen molar-refractivity contribution < 1.29 is 0 Å². The second kappa shape index (κ2) is 5.39. The van der Waals surface area contributed by atoms with E-state index in [2.05, 4.69) is 21.0 Å². The lowest BCUT2D eigenvalue weighted by molar-refractivity contribution is 1.24. The number of anilines is 1. The Morgan fingerprint density at radius 2 is 1.95 bits per heavy atom. The van der Waals surface area contributed by atoms with Crippen molar-refractivity contribution in [3.8, 4) is 28.6 Å². The van der Waals surface area contributed by atoms with Gasteiger partial charge in [0.2, 0.25) is 0 Å². The summed E-state index contributed by atoms with van der Waals surface area (Å²) in [6, 6.07) is 13.2. The van der Waals surface area contributed by atoms with Gasteiger partial charge in [0.25, 0.3) is 0 Å².